The number of carbonyl (C=O) groups excluding carboxylic acids is 2. The molecule has 0 atom stereocenters. The van der Waals surface area contributed by atoms with Crippen LogP contribution in [0.5, 0.6) is 0 Å². The number of amides is 2. The molecule has 0 aliphatic carbocycles. The Bertz CT molecular complexity index is 913. The third kappa shape index (κ3) is 6.66. The predicted molar refractivity (Wildman–Crippen MR) is 112 cm³/mol. The Hall–Kier alpha value is -2.74. The third-order valence-electron chi connectivity index (χ3n) is 4.50. The van der Waals surface area contributed by atoms with Gasteiger partial charge in [0.25, 0.3) is 5.91 Å². The molecule has 2 aromatic carbocycles. The van der Waals surface area contributed by atoms with Gasteiger partial charge in [0.2, 0.25) is 5.91 Å². The average molecular weight is 442 g/mol. The van der Waals surface area contributed by atoms with Crippen molar-refractivity contribution in [3.8, 4) is 0 Å². The van der Waals surface area contributed by atoms with Crippen molar-refractivity contribution in [2.45, 2.75) is 38.9 Å². The molecule has 2 amide bonds. The van der Waals surface area contributed by atoms with Gasteiger partial charge in [0.15, 0.2) is 0 Å². The summed E-state index contributed by atoms with van der Waals surface area (Å²) in [5, 5.41) is 8.48. The van der Waals surface area contributed by atoms with E-state index in [1.54, 1.807) is 12.1 Å². The molecule has 0 unspecified atom stereocenters. The van der Waals surface area contributed by atoms with E-state index in [1.807, 2.05) is 20.8 Å². The maximum absolute atomic E-state index is 12.6. The van der Waals surface area contributed by atoms with E-state index < -0.39 is 17.6 Å². The molecule has 0 spiro atoms. The first-order chi connectivity index (χ1) is 13.9. The van der Waals surface area contributed by atoms with Crippen LogP contribution < -0.4 is 16.0 Å². The Labute approximate surface area is 178 Å². The fourth-order valence-corrected chi connectivity index (χ4v) is 2.67. The zero-order valence-electron chi connectivity index (χ0n) is 16.8. The van der Waals surface area contributed by atoms with E-state index >= 15 is 0 Å². The SMILES string of the molecule is CCC(C)(C)NC(=O)c1ccc(NCC(=O)Nc2ccc(C(F)(F)F)cc2)cc1Cl. The van der Waals surface area contributed by atoms with Crippen molar-refractivity contribution < 1.29 is 22.8 Å². The Morgan fingerprint density at radius 1 is 1.00 bits per heavy atom. The number of hydrogen-bond donors (Lipinski definition) is 3. The van der Waals surface area contributed by atoms with Crippen molar-refractivity contribution in [3.05, 3.63) is 58.6 Å². The highest BCUT2D eigenvalue weighted by molar-refractivity contribution is 6.34. The summed E-state index contributed by atoms with van der Waals surface area (Å²) in [5.74, 6) is -0.740. The molecule has 0 saturated heterocycles. The molecule has 0 heterocycles. The zero-order chi connectivity index (χ0) is 22.5. The molecule has 0 radical (unpaired) electrons. The van der Waals surface area contributed by atoms with Crippen LogP contribution in [0, 0.1) is 0 Å². The molecule has 162 valence electrons. The van der Waals surface area contributed by atoms with Gasteiger partial charge >= 0.3 is 6.18 Å². The van der Waals surface area contributed by atoms with Gasteiger partial charge in [-0.3, -0.25) is 9.59 Å². The van der Waals surface area contributed by atoms with E-state index in [4.69, 9.17) is 11.6 Å². The summed E-state index contributed by atoms with van der Waals surface area (Å²) in [5.41, 5.74) is -0.0711. The van der Waals surface area contributed by atoms with Crippen LogP contribution in [0.3, 0.4) is 0 Å². The second-order valence-electron chi connectivity index (χ2n) is 7.36. The summed E-state index contributed by atoms with van der Waals surface area (Å²) >= 11 is 6.20. The molecular formula is C21H23ClF3N3O2. The molecular weight excluding hydrogens is 419 g/mol. The second-order valence-corrected chi connectivity index (χ2v) is 7.77. The van der Waals surface area contributed by atoms with Crippen molar-refractivity contribution in [2.24, 2.45) is 0 Å². The number of rotatable bonds is 7. The number of anilines is 2. The standard InChI is InChI=1S/C21H23ClF3N3O2/c1-4-20(2,3)28-19(30)16-10-9-15(11-17(16)22)26-12-18(29)27-14-7-5-13(6-8-14)21(23,24)25/h5-11,26H,4,12H2,1-3H3,(H,27,29)(H,28,30). The van der Waals surface area contributed by atoms with Gasteiger partial charge in [-0.15, -0.1) is 0 Å². The van der Waals surface area contributed by atoms with Crippen LogP contribution in [-0.2, 0) is 11.0 Å². The van der Waals surface area contributed by atoms with E-state index in [-0.39, 0.29) is 28.7 Å². The summed E-state index contributed by atoms with van der Waals surface area (Å²) in [6, 6.07) is 8.86. The van der Waals surface area contributed by atoms with Crippen LogP contribution in [-0.4, -0.2) is 23.9 Å². The summed E-state index contributed by atoms with van der Waals surface area (Å²) in [7, 11) is 0. The molecule has 3 N–H and O–H groups in total. The van der Waals surface area contributed by atoms with Crippen LogP contribution in [0.1, 0.15) is 43.1 Å². The van der Waals surface area contributed by atoms with E-state index in [9.17, 15) is 22.8 Å². The molecule has 5 nitrogen and oxygen atoms in total. The first kappa shape index (κ1) is 23.5. The highest BCUT2D eigenvalue weighted by atomic mass is 35.5. The number of halogens is 4. The Balaban J connectivity index is 1.93. The van der Waals surface area contributed by atoms with Gasteiger partial charge in [-0.05, 0) is 62.7 Å². The largest absolute Gasteiger partial charge is 0.416 e. The molecule has 0 fully saturated rings. The van der Waals surface area contributed by atoms with Crippen LogP contribution in [0.2, 0.25) is 5.02 Å². The van der Waals surface area contributed by atoms with Crippen LogP contribution in [0.25, 0.3) is 0 Å². The fourth-order valence-electron chi connectivity index (χ4n) is 2.40. The average Bonchev–Trinajstić information content (AvgIpc) is 2.65. The van der Waals surface area contributed by atoms with E-state index in [0.717, 1.165) is 18.6 Å². The molecule has 0 aliphatic rings. The molecule has 30 heavy (non-hydrogen) atoms. The van der Waals surface area contributed by atoms with E-state index in [1.165, 1.54) is 18.2 Å². The lowest BCUT2D eigenvalue weighted by molar-refractivity contribution is -0.137. The molecule has 2 aromatic rings. The maximum atomic E-state index is 12.6. The lowest BCUT2D eigenvalue weighted by Gasteiger charge is -2.24. The minimum absolute atomic E-state index is 0.133. The van der Waals surface area contributed by atoms with Crippen molar-refractivity contribution >= 4 is 34.8 Å². The molecule has 0 aromatic heterocycles. The van der Waals surface area contributed by atoms with Crippen molar-refractivity contribution in [1.82, 2.24) is 5.32 Å². The molecule has 0 bridgehead atoms. The number of hydrogen-bond acceptors (Lipinski definition) is 3. The van der Waals surface area contributed by atoms with E-state index in [2.05, 4.69) is 16.0 Å². The fraction of sp³-hybridized carbons (Fsp3) is 0.333. The highest BCUT2D eigenvalue weighted by Gasteiger charge is 2.30. The summed E-state index contributed by atoms with van der Waals surface area (Å²) in [6.45, 7) is 5.64. The van der Waals surface area contributed by atoms with Gasteiger partial charge in [0.05, 0.1) is 22.7 Å². The number of carbonyl (C=O) groups is 2. The van der Waals surface area contributed by atoms with Crippen molar-refractivity contribution in [1.29, 1.82) is 0 Å². The summed E-state index contributed by atoms with van der Waals surface area (Å²) in [6.07, 6.45) is -3.68. The number of alkyl halides is 3. The monoisotopic (exact) mass is 441 g/mol. The molecule has 0 saturated carbocycles. The second kappa shape index (κ2) is 9.38. The van der Waals surface area contributed by atoms with Crippen LogP contribution in [0.4, 0.5) is 24.5 Å². The van der Waals surface area contributed by atoms with Gasteiger partial charge in [0, 0.05) is 16.9 Å². The minimum atomic E-state index is -4.43. The van der Waals surface area contributed by atoms with Gasteiger partial charge in [-0.2, -0.15) is 13.2 Å². The van der Waals surface area contributed by atoms with Crippen LogP contribution >= 0.6 is 11.6 Å². The first-order valence-corrected chi connectivity index (χ1v) is 9.62. The summed E-state index contributed by atoms with van der Waals surface area (Å²) < 4.78 is 37.7. The quantitative estimate of drug-likeness (QED) is 0.544. The maximum Gasteiger partial charge on any atom is 0.416 e. The molecule has 9 heteroatoms. The topological polar surface area (TPSA) is 70.2 Å². The molecule has 2 rings (SSSR count). The Kier molecular flexibility index (Phi) is 7.36. The Morgan fingerprint density at radius 3 is 2.13 bits per heavy atom. The smallest absolute Gasteiger partial charge is 0.376 e. The lowest BCUT2D eigenvalue weighted by atomic mass is 10.0. The van der Waals surface area contributed by atoms with Gasteiger partial charge < -0.3 is 16.0 Å². The normalized spacial score (nSPS) is 11.7. The first-order valence-electron chi connectivity index (χ1n) is 9.24. The minimum Gasteiger partial charge on any atom is -0.376 e. The Morgan fingerprint density at radius 2 is 1.60 bits per heavy atom. The number of benzene rings is 2. The zero-order valence-corrected chi connectivity index (χ0v) is 17.5. The van der Waals surface area contributed by atoms with Gasteiger partial charge in [-0.25, -0.2) is 0 Å². The summed E-state index contributed by atoms with van der Waals surface area (Å²) in [4.78, 5) is 24.4. The predicted octanol–water partition coefficient (Wildman–Crippen LogP) is 5.33. The van der Waals surface area contributed by atoms with Gasteiger partial charge in [0.1, 0.15) is 0 Å². The third-order valence-corrected chi connectivity index (χ3v) is 4.81. The van der Waals surface area contributed by atoms with Crippen LogP contribution in [0.15, 0.2) is 42.5 Å². The lowest BCUT2D eigenvalue weighted by Crippen LogP contribution is -2.42. The van der Waals surface area contributed by atoms with E-state index in [0.29, 0.717) is 11.3 Å². The van der Waals surface area contributed by atoms with Crippen molar-refractivity contribution in [2.75, 3.05) is 17.2 Å². The van der Waals surface area contributed by atoms with Gasteiger partial charge in [-0.1, -0.05) is 18.5 Å². The molecule has 0 aliphatic heterocycles. The van der Waals surface area contributed by atoms with Crippen molar-refractivity contribution in [3.63, 3.8) is 0 Å². The number of nitrogens with one attached hydrogen (secondary N) is 3. The highest BCUT2D eigenvalue weighted by Crippen LogP contribution is 2.29.